The van der Waals surface area contributed by atoms with Crippen LogP contribution in [0.4, 0.5) is 11.4 Å². The summed E-state index contributed by atoms with van der Waals surface area (Å²) in [6.45, 7) is 3.34. The average Bonchev–Trinajstić information content (AvgIpc) is 3.28. The molecule has 34 heavy (non-hydrogen) atoms. The second-order valence-corrected chi connectivity index (χ2v) is 7.50. The molecule has 176 valence electrons. The summed E-state index contributed by atoms with van der Waals surface area (Å²) >= 11 is 0. The van der Waals surface area contributed by atoms with Gasteiger partial charge in [0.15, 0.2) is 5.69 Å². The number of carbonyl (C=O) groups is 2. The Labute approximate surface area is 193 Å². The van der Waals surface area contributed by atoms with Crippen LogP contribution in [0.15, 0.2) is 60.8 Å². The van der Waals surface area contributed by atoms with Crippen LogP contribution >= 0.6 is 0 Å². The van der Waals surface area contributed by atoms with E-state index in [1.807, 2.05) is 0 Å². The lowest BCUT2D eigenvalue weighted by Gasteiger charge is -2.19. The highest BCUT2D eigenvalue weighted by Crippen LogP contribution is 2.28. The Kier molecular flexibility index (Phi) is 7.31. The molecule has 0 aliphatic carbocycles. The Morgan fingerprint density at radius 3 is 2.32 bits per heavy atom. The predicted molar refractivity (Wildman–Crippen MR) is 119 cm³/mol. The summed E-state index contributed by atoms with van der Waals surface area (Å²) in [5.41, 5.74) is 0.284. The smallest absolute Gasteiger partial charge is 0.308 e. The van der Waals surface area contributed by atoms with Gasteiger partial charge in [-0.1, -0.05) is 18.2 Å². The van der Waals surface area contributed by atoms with Crippen molar-refractivity contribution in [3.05, 3.63) is 92.3 Å². The van der Waals surface area contributed by atoms with Crippen LogP contribution in [-0.2, 0) is 9.53 Å². The summed E-state index contributed by atoms with van der Waals surface area (Å²) < 4.78 is 6.50. The molecule has 1 atom stereocenters. The second kappa shape index (κ2) is 10.3. The van der Waals surface area contributed by atoms with E-state index in [-0.39, 0.29) is 29.1 Å². The number of amides is 1. The number of ether oxygens (including phenoxy) is 1. The molecular weight excluding hydrogens is 446 g/mol. The van der Waals surface area contributed by atoms with E-state index in [0.29, 0.717) is 5.69 Å². The lowest BCUT2D eigenvalue weighted by molar-refractivity contribution is -0.385. The van der Waals surface area contributed by atoms with Crippen molar-refractivity contribution in [2.75, 3.05) is 0 Å². The number of hydrogen-bond donors (Lipinski definition) is 1. The normalized spacial score (nSPS) is 11.6. The number of aromatic nitrogens is 2. The number of non-ortho nitro benzene ring substituents is 1. The minimum absolute atomic E-state index is 0.0147. The highest BCUT2D eigenvalue weighted by molar-refractivity contribution is 5.93. The lowest BCUT2D eigenvalue weighted by Crippen LogP contribution is -2.32. The van der Waals surface area contributed by atoms with Crippen LogP contribution in [-0.4, -0.2) is 37.6 Å². The number of nitro groups is 2. The molecule has 1 N–H and O–H groups in total. The van der Waals surface area contributed by atoms with Gasteiger partial charge in [-0.15, -0.1) is 0 Å². The van der Waals surface area contributed by atoms with Gasteiger partial charge in [0, 0.05) is 24.4 Å². The number of nitro benzene ring substituents is 2. The van der Waals surface area contributed by atoms with Gasteiger partial charge in [0.25, 0.3) is 17.3 Å². The van der Waals surface area contributed by atoms with Crippen molar-refractivity contribution in [1.29, 1.82) is 0 Å². The summed E-state index contributed by atoms with van der Waals surface area (Å²) in [5, 5.41) is 29.1. The summed E-state index contributed by atoms with van der Waals surface area (Å²) in [7, 11) is 0. The third-order valence-electron chi connectivity index (χ3n) is 4.70. The van der Waals surface area contributed by atoms with Crippen molar-refractivity contribution in [2.24, 2.45) is 0 Å². The highest BCUT2D eigenvalue weighted by atomic mass is 16.6. The maximum atomic E-state index is 12.9. The van der Waals surface area contributed by atoms with Crippen molar-refractivity contribution in [3.8, 4) is 5.69 Å². The van der Waals surface area contributed by atoms with Crippen LogP contribution in [0, 0.1) is 20.2 Å². The topological polar surface area (TPSA) is 160 Å². The molecule has 0 aliphatic rings. The minimum atomic E-state index is -1.04. The minimum Gasteiger partial charge on any atom is -0.463 e. The molecule has 12 nitrogen and oxygen atoms in total. The molecule has 0 fully saturated rings. The van der Waals surface area contributed by atoms with Crippen molar-refractivity contribution in [1.82, 2.24) is 15.1 Å². The predicted octanol–water partition coefficient (Wildman–Crippen LogP) is 3.50. The van der Waals surface area contributed by atoms with Crippen molar-refractivity contribution >= 4 is 23.3 Å². The van der Waals surface area contributed by atoms with E-state index in [0.717, 1.165) is 0 Å². The number of esters is 1. The molecule has 0 spiro atoms. The van der Waals surface area contributed by atoms with E-state index in [2.05, 4.69) is 10.4 Å². The lowest BCUT2D eigenvalue weighted by atomic mass is 10.0. The van der Waals surface area contributed by atoms with Crippen LogP contribution in [0.25, 0.3) is 5.69 Å². The van der Waals surface area contributed by atoms with E-state index in [1.54, 1.807) is 19.9 Å². The van der Waals surface area contributed by atoms with Gasteiger partial charge in [0.2, 0.25) is 0 Å². The molecule has 1 unspecified atom stereocenters. The molecule has 0 radical (unpaired) electrons. The molecule has 2 aromatic carbocycles. The van der Waals surface area contributed by atoms with Gasteiger partial charge in [-0.3, -0.25) is 29.8 Å². The number of para-hydroxylation sites is 1. The van der Waals surface area contributed by atoms with Crippen molar-refractivity contribution < 1.29 is 24.2 Å². The van der Waals surface area contributed by atoms with E-state index < -0.39 is 33.9 Å². The van der Waals surface area contributed by atoms with Gasteiger partial charge < -0.3 is 10.1 Å². The highest BCUT2D eigenvalue weighted by Gasteiger charge is 2.27. The monoisotopic (exact) mass is 467 g/mol. The Morgan fingerprint density at radius 1 is 1.03 bits per heavy atom. The van der Waals surface area contributed by atoms with Crippen LogP contribution in [0.5, 0.6) is 0 Å². The number of nitrogens with one attached hydrogen (secondary N) is 1. The Hall–Kier alpha value is -4.61. The number of carbonyl (C=O) groups excluding carboxylic acids is 2. The third-order valence-corrected chi connectivity index (χ3v) is 4.70. The van der Waals surface area contributed by atoms with E-state index >= 15 is 0 Å². The fourth-order valence-electron chi connectivity index (χ4n) is 3.21. The Morgan fingerprint density at radius 2 is 1.71 bits per heavy atom. The summed E-state index contributed by atoms with van der Waals surface area (Å²) in [5.74, 6) is -1.30. The van der Waals surface area contributed by atoms with Crippen LogP contribution in [0.1, 0.15) is 42.4 Å². The molecule has 0 bridgehead atoms. The average molecular weight is 467 g/mol. The maximum Gasteiger partial charge on any atom is 0.308 e. The van der Waals surface area contributed by atoms with E-state index in [9.17, 15) is 29.8 Å². The number of nitrogens with zero attached hydrogens (tertiary/aromatic N) is 4. The van der Waals surface area contributed by atoms with Crippen molar-refractivity contribution in [3.63, 3.8) is 0 Å². The van der Waals surface area contributed by atoms with Gasteiger partial charge >= 0.3 is 5.97 Å². The van der Waals surface area contributed by atoms with Crippen LogP contribution in [0.3, 0.4) is 0 Å². The molecule has 0 saturated carbocycles. The molecule has 0 aliphatic heterocycles. The summed E-state index contributed by atoms with van der Waals surface area (Å²) in [6.07, 6.45) is 0.771. The first-order valence-corrected chi connectivity index (χ1v) is 10.2. The summed E-state index contributed by atoms with van der Waals surface area (Å²) in [6, 6.07) is 11.7. The maximum absolute atomic E-state index is 12.9. The fraction of sp³-hybridized carbons (Fsp3) is 0.227. The second-order valence-electron chi connectivity index (χ2n) is 7.50. The first-order valence-electron chi connectivity index (χ1n) is 10.2. The zero-order valence-corrected chi connectivity index (χ0v) is 18.3. The Balaban J connectivity index is 1.85. The van der Waals surface area contributed by atoms with Gasteiger partial charge in [-0.05, 0) is 32.0 Å². The first-order chi connectivity index (χ1) is 16.2. The van der Waals surface area contributed by atoms with E-state index in [1.165, 1.54) is 59.4 Å². The molecule has 3 aromatic rings. The van der Waals surface area contributed by atoms with Crippen molar-refractivity contribution in [2.45, 2.75) is 32.4 Å². The first kappa shape index (κ1) is 24.0. The van der Waals surface area contributed by atoms with Crippen LogP contribution in [0.2, 0.25) is 0 Å². The SMILES string of the molecule is CC(C)OC(=O)CC(NC(=O)c1ccn(-c2ccc([N+](=O)[O-])cc2)n1)c1ccccc1[N+](=O)[O-]. The number of benzene rings is 2. The Bertz CT molecular complexity index is 1220. The molecular formula is C22H21N5O7. The molecule has 1 aromatic heterocycles. The molecule has 1 amide bonds. The molecule has 3 rings (SSSR count). The van der Waals surface area contributed by atoms with Gasteiger partial charge in [-0.25, -0.2) is 4.68 Å². The van der Waals surface area contributed by atoms with Gasteiger partial charge in [0.05, 0.1) is 39.7 Å². The summed E-state index contributed by atoms with van der Waals surface area (Å²) in [4.78, 5) is 46.4. The standard InChI is InChI=1S/C22H21N5O7/c1-14(2)34-21(28)13-19(17-5-3-4-6-20(17)27(32)33)23-22(29)18-11-12-25(24-18)15-7-9-16(10-8-15)26(30)31/h3-12,14,19H,13H2,1-2H3,(H,23,29). The quantitative estimate of drug-likeness (QED) is 0.284. The van der Waals surface area contributed by atoms with Gasteiger partial charge in [-0.2, -0.15) is 5.10 Å². The fourth-order valence-corrected chi connectivity index (χ4v) is 3.21. The third kappa shape index (κ3) is 5.79. The van der Waals surface area contributed by atoms with E-state index in [4.69, 9.17) is 4.74 Å². The molecule has 1 heterocycles. The zero-order valence-electron chi connectivity index (χ0n) is 18.3. The van der Waals surface area contributed by atoms with Gasteiger partial charge in [0.1, 0.15) is 0 Å². The molecule has 12 heteroatoms. The zero-order chi connectivity index (χ0) is 24.8. The number of hydrogen-bond acceptors (Lipinski definition) is 8. The molecule has 0 saturated heterocycles. The number of rotatable bonds is 9. The largest absolute Gasteiger partial charge is 0.463 e. The van der Waals surface area contributed by atoms with Crippen LogP contribution < -0.4 is 5.32 Å².